The molecule has 2 heterocycles. The monoisotopic (exact) mass is 323 g/mol. The van der Waals surface area contributed by atoms with Gasteiger partial charge in [0.1, 0.15) is 18.3 Å². The molecule has 8 heteroatoms. The molecular weight excluding hydrogens is 306 g/mol. The van der Waals surface area contributed by atoms with Crippen LogP contribution in [0.5, 0.6) is 11.5 Å². The first-order valence-electron chi connectivity index (χ1n) is 7.02. The molecule has 1 aromatic carbocycles. The summed E-state index contributed by atoms with van der Waals surface area (Å²) in [5.41, 5.74) is 0.644. The van der Waals surface area contributed by atoms with Crippen molar-refractivity contribution in [1.82, 2.24) is 5.32 Å². The zero-order valence-electron chi connectivity index (χ0n) is 12.2. The second-order valence-electron chi connectivity index (χ2n) is 5.28. The predicted octanol–water partition coefficient (Wildman–Crippen LogP) is -0.667. The number of hydrogen-bond donors (Lipinski definition) is 4. The molecule has 0 radical (unpaired) electrons. The molecule has 2 aliphatic rings. The van der Waals surface area contributed by atoms with E-state index in [1.165, 1.54) is 25.3 Å². The Morgan fingerprint density at radius 3 is 2.83 bits per heavy atom. The third-order valence-electron chi connectivity index (χ3n) is 3.68. The highest BCUT2D eigenvalue weighted by atomic mass is 16.8. The number of rotatable bonds is 4. The number of aliphatic hydroxyl groups excluding tert-OH is 2. The van der Waals surface area contributed by atoms with E-state index in [1.54, 1.807) is 12.1 Å². The molecule has 8 nitrogen and oxygen atoms in total. The van der Waals surface area contributed by atoms with Crippen LogP contribution in [0.4, 0.5) is 0 Å². The van der Waals surface area contributed by atoms with E-state index in [0.717, 1.165) is 0 Å². The van der Waals surface area contributed by atoms with Gasteiger partial charge in [0.2, 0.25) is 5.91 Å². The van der Waals surface area contributed by atoms with Gasteiger partial charge in [-0.15, -0.1) is 0 Å². The number of amides is 1. The van der Waals surface area contributed by atoms with Gasteiger partial charge in [-0.05, 0) is 23.8 Å². The van der Waals surface area contributed by atoms with Gasteiger partial charge in [-0.25, -0.2) is 0 Å². The number of aliphatic hydroxyl groups is 2. The smallest absolute Gasteiger partial charge is 0.246 e. The molecule has 0 bridgehead atoms. The Balaban J connectivity index is 1.60. The van der Waals surface area contributed by atoms with E-state index in [-0.39, 0.29) is 5.75 Å². The van der Waals surface area contributed by atoms with E-state index < -0.39 is 36.7 Å². The summed E-state index contributed by atoms with van der Waals surface area (Å²) in [5.74, 6) is -0.216. The summed E-state index contributed by atoms with van der Waals surface area (Å²) in [4.78, 5) is 11.9. The van der Waals surface area contributed by atoms with Crippen molar-refractivity contribution in [2.45, 2.75) is 30.8 Å². The number of epoxide rings is 1. The van der Waals surface area contributed by atoms with Crippen molar-refractivity contribution in [3.63, 3.8) is 0 Å². The third kappa shape index (κ3) is 3.30. The Morgan fingerprint density at radius 1 is 1.30 bits per heavy atom. The van der Waals surface area contributed by atoms with Crippen molar-refractivity contribution in [3.8, 4) is 11.5 Å². The second kappa shape index (κ2) is 6.17. The van der Waals surface area contributed by atoms with Gasteiger partial charge < -0.3 is 34.8 Å². The van der Waals surface area contributed by atoms with Gasteiger partial charge in [0.05, 0.1) is 7.11 Å². The highest BCUT2D eigenvalue weighted by Gasteiger charge is 2.56. The quantitative estimate of drug-likeness (QED) is 0.428. The number of benzene rings is 1. The topological polar surface area (TPSA) is 121 Å². The van der Waals surface area contributed by atoms with E-state index in [1.807, 2.05) is 0 Å². The lowest BCUT2D eigenvalue weighted by Crippen LogP contribution is -2.55. The lowest BCUT2D eigenvalue weighted by molar-refractivity contribution is -0.152. The van der Waals surface area contributed by atoms with Gasteiger partial charge in [-0.1, -0.05) is 6.07 Å². The zero-order chi connectivity index (χ0) is 16.6. The van der Waals surface area contributed by atoms with E-state index in [0.29, 0.717) is 11.3 Å². The van der Waals surface area contributed by atoms with Crippen LogP contribution in [-0.4, -0.2) is 59.2 Å². The van der Waals surface area contributed by atoms with E-state index in [9.17, 15) is 20.1 Å². The van der Waals surface area contributed by atoms with Crippen LogP contribution in [0, 0.1) is 0 Å². The summed E-state index contributed by atoms with van der Waals surface area (Å²) in [6.45, 7) is 0. The van der Waals surface area contributed by atoms with Crippen LogP contribution in [0.3, 0.4) is 0 Å². The normalized spacial score (nSPS) is 32.4. The number of phenolic OH excluding ortho intramolecular Hbond substituents is 1. The fraction of sp³-hybridized carbons (Fsp3) is 0.400. The molecule has 23 heavy (non-hydrogen) atoms. The van der Waals surface area contributed by atoms with Crippen LogP contribution in [0.2, 0.25) is 0 Å². The van der Waals surface area contributed by atoms with Crippen LogP contribution in [0.25, 0.3) is 6.08 Å². The molecule has 1 aromatic rings. The summed E-state index contributed by atoms with van der Waals surface area (Å²) in [5, 5.41) is 31.5. The van der Waals surface area contributed by atoms with Crippen molar-refractivity contribution in [1.29, 1.82) is 0 Å². The van der Waals surface area contributed by atoms with Gasteiger partial charge >= 0.3 is 0 Å². The maximum absolute atomic E-state index is 11.9. The van der Waals surface area contributed by atoms with Gasteiger partial charge in [-0.2, -0.15) is 0 Å². The average Bonchev–Trinajstić information content (AvgIpc) is 3.31. The Morgan fingerprint density at radius 2 is 2.09 bits per heavy atom. The number of aromatic hydroxyl groups is 1. The second-order valence-corrected chi connectivity index (χ2v) is 5.28. The largest absolute Gasteiger partial charge is 0.504 e. The molecule has 2 aliphatic heterocycles. The molecule has 0 spiro atoms. The molecule has 3 rings (SSSR count). The first kappa shape index (κ1) is 15.8. The van der Waals surface area contributed by atoms with Crippen molar-refractivity contribution < 1.29 is 34.3 Å². The average molecular weight is 323 g/mol. The molecule has 0 aromatic heterocycles. The first-order chi connectivity index (χ1) is 11.0. The van der Waals surface area contributed by atoms with Crippen molar-refractivity contribution in [2.24, 2.45) is 0 Å². The zero-order valence-corrected chi connectivity index (χ0v) is 12.2. The number of phenols is 1. The Labute approximate surface area is 131 Å². The van der Waals surface area contributed by atoms with Crippen molar-refractivity contribution >= 4 is 12.0 Å². The molecule has 4 N–H and O–H groups in total. The summed E-state index contributed by atoms with van der Waals surface area (Å²) in [7, 11) is 1.43. The van der Waals surface area contributed by atoms with Crippen molar-refractivity contribution in [2.75, 3.05) is 7.11 Å². The number of carbonyl (C=O) groups is 1. The van der Waals surface area contributed by atoms with Crippen LogP contribution >= 0.6 is 0 Å². The SMILES string of the molecule is COc1cc(/C=C/C(=O)NC2OC3OC3C(O)C2O)ccc1O. The van der Waals surface area contributed by atoms with Gasteiger partial charge in [0.25, 0.3) is 0 Å². The summed E-state index contributed by atoms with van der Waals surface area (Å²) in [6, 6.07) is 4.63. The van der Waals surface area contributed by atoms with Gasteiger partial charge in [0, 0.05) is 6.08 Å². The molecule has 5 unspecified atom stereocenters. The van der Waals surface area contributed by atoms with Crippen molar-refractivity contribution in [3.05, 3.63) is 29.8 Å². The molecule has 124 valence electrons. The number of nitrogens with one attached hydrogen (secondary N) is 1. The van der Waals surface area contributed by atoms with E-state index >= 15 is 0 Å². The lowest BCUT2D eigenvalue weighted by Gasteiger charge is -2.29. The summed E-state index contributed by atoms with van der Waals surface area (Å²) < 4.78 is 15.2. The van der Waals surface area contributed by atoms with E-state index in [4.69, 9.17) is 14.2 Å². The Bertz CT molecular complexity index is 632. The molecule has 0 saturated carbocycles. The molecule has 0 aliphatic carbocycles. The number of fused-ring (bicyclic) bond motifs is 1. The minimum Gasteiger partial charge on any atom is -0.504 e. The highest BCUT2D eigenvalue weighted by molar-refractivity contribution is 5.92. The van der Waals surface area contributed by atoms with E-state index in [2.05, 4.69) is 5.32 Å². The maximum atomic E-state index is 11.9. The number of hydrogen-bond acceptors (Lipinski definition) is 7. The molecule has 2 fully saturated rings. The van der Waals surface area contributed by atoms with Crippen LogP contribution in [-0.2, 0) is 14.3 Å². The molecule has 2 saturated heterocycles. The molecule has 1 amide bonds. The maximum Gasteiger partial charge on any atom is 0.246 e. The number of carbonyl (C=O) groups excluding carboxylic acids is 1. The minimum absolute atomic E-state index is 0.000745. The lowest BCUT2D eigenvalue weighted by atomic mass is 10.1. The van der Waals surface area contributed by atoms with Gasteiger partial charge in [0.15, 0.2) is 24.0 Å². The summed E-state index contributed by atoms with van der Waals surface area (Å²) in [6.07, 6.45) is -1.76. The molecular formula is C15H17NO7. The predicted molar refractivity (Wildman–Crippen MR) is 77.4 cm³/mol. The van der Waals surface area contributed by atoms with Crippen LogP contribution in [0.15, 0.2) is 24.3 Å². The Kier molecular flexibility index (Phi) is 4.22. The first-order valence-corrected chi connectivity index (χ1v) is 7.02. The van der Waals surface area contributed by atoms with Gasteiger partial charge in [-0.3, -0.25) is 4.79 Å². The third-order valence-corrected chi connectivity index (χ3v) is 3.68. The minimum atomic E-state index is -1.26. The number of methoxy groups -OCH3 is 1. The Hall–Kier alpha value is -2.13. The number of ether oxygens (including phenoxy) is 3. The summed E-state index contributed by atoms with van der Waals surface area (Å²) >= 11 is 0. The fourth-order valence-electron chi connectivity index (χ4n) is 2.34. The highest BCUT2D eigenvalue weighted by Crippen LogP contribution is 2.34. The van der Waals surface area contributed by atoms with Crippen LogP contribution < -0.4 is 10.1 Å². The molecule has 5 atom stereocenters. The van der Waals surface area contributed by atoms with Crippen LogP contribution in [0.1, 0.15) is 5.56 Å². The standard InChI is InChI=1S/C15H17NO7/c1-21-9-6-7(2-4-8(9)17)3-5-10(18)16-14-12(20)11(19)13-15(22-13)23-14/h2-6,11-15,17,19-20H,1H3,(H,16,18)/b5-3+. The fourth-order valence-corrected chi connectivity index (χ4v) is 2.34.